The second-order valence-corrected chi connectivity index (χ2v) is 6.27. The molecule has 25 heavy (non-hydrogen) atoms. The molecular formula is C20H19N3O2. The highest BCUT2D eigenvalue weighted by Gasteiger charge is 2.29. The van der Waals surface area contributed by atoms with E-state index in [1.165, 1.54) is 0 Å². The minimum absolute atomic E-state index is 0.0754. The van der Waals surface area contributed by atoms with Gasteiger partial charge in [-0.1, -0.05) is 18.2 Å². The molecule has 1 aliphatic carbocycles. The molecule has 2 amide bonds. The zero-order valence-electron chi connectivity index (χ0n) is 14.0. The summed E-state index contributed by atoms with van der Waals surface area (Å²) >= 11 is 0. The van der Waals surface area contributed by atoms with Gasteiger partial charge in [-0.3, -0.25) is 9.59 Å². The van der Waals surface area contributed by atoms with E-state index in [4.69, 9.17) is 5.26 Å². The quantitative estimate of drug-likeness (QED) is 0.880. The van der Waals surface area contributed by atoms with Crippen LogP contribution in [-0.4, -0.2) is 11.8 Å². The van der Waals surface area contributed by atoms with Gasteiger partial charge in [0.2, 0.25) is 5.91 Å². The molecule has 1 saturated carbocycles. The van der Waals surface area contributed by atoms with E-state index in [2.05, 4.69) is 10.6 Å². The van der Waals surface area contributed by atoms with Crippen molar-refractivity contribution >= 4 is 17.5 Å². The van der Waals surface area contributed by atoms with E-state index in [1.807, 2.05) is 37.3 Å². The van der Waals surface area contributed by atoms with Gasteiger partial charge in [0.15, 0.2) is 0 Å². The van der Waals surface area contributed by atoms with Crippen LogP contribution in [0.2, 0.25) is 0 Å². The fraction of sp³-hybridized carbons (Fsp3) is 0.250. The third-order valence-corrected chi connectivity index (χ3v) is 4.23. The lowest BCUT2D eigenvalue weighted by molar-refractivity contribution is -0.117. The Labute approximate surface area is 146 Å². The zero-order valence-corrected chi connectivity index (χ0v) is 14.0. The summed E-state index contributed by atoms with van der Waals surface area (Å²) in [6.07, 6.45) is 1.94. The van der Waals surface area contributed by atoms with Gasteiger partial charge >= 0.3 is 0 Å². The Bertz CT molecular complexity index is 833. The smallest absolute Gasteiger partial charge is 0.251 e. The van der Waals surface area contributed by atoms with Crippen LogP contribution in [0.3, 0.4) is 0 Å². The second-order valence-electron chi connectivity index (χ2n) is 6.27. The van der Waals surface area contributed by atoms with Gasteiger partial charge in [0, 0.05) is 17.2 Å². The van der Waals surface area contributed by atoms with E-state index in [9.17, 15) is 9.59 Å². The number of nitriles is 1. The molecule has 126 valence electrons. The van der Waals surface area contributed by atoms with Gasteiger partial charge in [0.05, 0.1) is 17.7 Å². The fourth-order valence-corrected chi connectivity index (χ4v) is 2.54. The first-order valence-electron chi connectivity index (χ1n) is 8.28. The molecule has 0 aromatic heterocycles. The van der Waals surface area contributed by atoms with E-state index in [1.54, 1.807) is 24.3 Å². The standard InChI is InChI=1S/C20H19N3O2/c1-13(22-20(25)17-4-2-3-14(11-17)12-21)15-7-9-18(10-8-15)23-19(24)16-5-6-16/h2-4,7-11,13,16H,5-6H2,1H3,(H,22,25)(H,23,24). The van der Waals surface area contributed by atoms with Crippen molar-refractivity contribution in [2.24, 2.45) is 5.92 Å². The van der Waals surface area contributed by atoms with Gasteiger partial charge in [0.25, 0.3) is 5.91 Å². The summed E-state index contributed by atoms with van der Waals surface area (Å²) in [5.41, 5.74) is 2.62. The van der Waals surface area contributed by atoms with Crippen LogP contribution in [0.15, 0.2) is 48.5 Å². The molecule has 2 aromatic carbocycles. The number of hydrogen-bond donors (Lipinski definition) is 2. The van der Waals surface area contributed by atoms with Gasteiger partial charge in [0.1, 0.15) is 0 Å². The lowest BCUT2D eigenvalue weighted by Crippen LogP contribution is -2.26. The van der Waals surface area contributed by atoms with E-state index in [-0.39, 0.29) is 23.8 Å². The van der Waals surface area contributed by atoms with Crippen LogP contribution < -0.4 is 10.6 Å². The monoisotopic (exact) mass is 333 g/mol. The maximum atomic E-state index is 12.3. The molecule has 5 nitrogen and oxygen atoms in total. The maximum absolute atomic E-state index is 12.3. The van der Waals surface area contributed by atoms with Crippen LogP contribution >= 0.6 is 0 Å². The van der Waals surface area contributed by atoms with Crippen LogP contribution in [0, 0.1) is 17.2 Å². The van der Waals surface area contributed by atoms with E-state index in [0.29, 0.717) is 11.1 Å². The van der Waals surface area contributed by atoms with Crippen LogP contribution in [0.4, 0.5) is 5.69 Å². The molecule has 0 radical (unpaired) electrons. The van der Waals surface area contributed by atoms with Crippen LogP contribution in [-0.2, 0) is 4.79 Å². The number of amides is 2. The molecule has 1 atom stereocenters. The van der Waals surface area contributed by atoms with Crippen molar-refractivity contribution in [3.63, 3.8) is 0 Å². The van der Waals surface area contributed by atoms with Crippen molar-refractivity contribution < 1.29 is 9.59 Å². The first kappa shape index (κ1) is 16.7. The van der Waals surface area contributed by atoms with Crippen molar-refractivity contribution in [2.45, 2.75) is 25.8 Å². The molecule has 0 spiro atoms. The molecular weight excluding hydrogens is 314 g/mol. The number of benzene rings is 2. The van der Waals surface area contributed by atoms with Gasteiger partial charge in [-0.25, -0.2) is 0 Å². The molecule has 0 saturated heterocycles. The Morgan fingerprint density at radius 1 is 1.16 bits per heavy atom. The highest BCUT2D eigenvalue weighted by atomic mass is 16.2. The largest absolute Gasteiger partial charge is 0.346 e. The third-order valence-electron chi connectivity index (χ3n) is 4.23. The number of hydrogen-bond acceptors (Lipinski definition) is 3. The van der Waals surface area contributed by atoms with Crippen molar-refractivity contribution in [3.8, 4) is 6.07 Å². The molecule has 1 fully saturated rings. The number of nitrogens with one attached hydrogen (secondary N) is 2. The summed E-state index contributed by atoms with van der Waals surface area (Å²) in [7, 11) is 0. The summed E-state index contributed by atoms with van der Waals surface area (Å²) in [6, 6.07) is 15.9. The van der Waals surface area contributed by atoms with Crippen molar-refractivity contribution in [1.82, 2.24) is 5.32 Å². The molecule has 1 unspecified atom stereocenters. The number of nitrogens with zero attached hydrogens (tertiary/aromatic N) is 1. The number of anilines is 1. The van der Waals surface area contributed by atoms with Gasteiger partial charge < -0.3 is 10.6 Å². The molecule has 3 rings (SSSR count). The normalized spacial score (nSPS) is 14.2. The van der Waals surface area contributed by atoms with Gasteiger partial charge in [-0.05, 0) is 55.7 Å². The molecule has 0 aliphatic heterocycles. The van der Waals surface area contributed by atoms with Crippen molar-refractivity contribution in [2.75, 3.05) is 5.32 Å². The lowest BCUT2D eigenvalue weighted by Gasteiger charge is -2.15. The maximum Gasteiger partial charge on any atom is 0.251 e. The van der Waals surface area contributed by atoms with Crippen LogP contribution in [0.25, 0.3) is 0 Å². The SMILES string of the molecule is CC(NC(=O)c1cccc(C#N)c1)c1ccc(NC(=O)C2CC2)cc1. The molecule has 0 heterocycles. The summed E-state index contributed by atoms with van der Waals surface area (Å²) in [5, 5.41) is 14.7. The minimum Gasteiger partial charge on any atom is -0.346 e. The Balaban J connectivity index is 1.62. The fourth-order valence-electron chi connectivity index (χ4n) is 2.54. The molecule has 2 aromatic rings. The molecule has 5 heteroatoms. The minimum atomic E-state index is -0.226. The Morgan fingerprint density at radius 2 is 1.88 bits per heavy atom. The summed E-state index contributed by atoms with van der Waals surface area (Å²) in [5.74, 6) is 0.0178. The first-order chi connectivity index (χ1) is 12.1. The Hall–Kier alpha value is -3.13. The number of carbonyl (C=O) groups is 2. The van der Waals surface area contributed by atoms with Crippen LogP contribution in [0.1, 0.15) is 47.3 Å². The Morgan fingerprint density at radius 3 is 2.52 bits per heavy atom. The number of rotatable bonds is 5. The molecule has 0 bridgehead atoms. The summed E-state index contributed by atoms with van der Waals surface area (Å²) in [6.45, 7) is 1.89. The highest BCUT2D eigenvalue weighted by molar-refractivity contribution is 5.95. The van der Waals surface area contributed by atoms with E-state index >= 15 is 0 Å². The van der Waals surface area contributed by atoms with Crippen molar-refractivity contribution in [1.29, 1.82) is 5.26 Å². The predicted molar refractivity (Wildman–Crippen MR) is 94.8 cm³/mol. The third kappa shape index (κ3) is 4.24. The predicted octanol–water partition coefficient (Wildman–Crippen LogP) is 3.40. The van der Waals surface area contributed by atoms with E-state index in [0.717, 1.165) is 24.1 Å². The van der Waals surface area contributed by atoms with E-state index < -0.39 is 0 Å². The summed E-state index contributed by atoms with van der Waals surface area (Å²) in [4.78, 5) is 24.1. The van der Waals surface area contributed by atoms with Gasteiger partial charge in [-0.15, -0.1) is 0 Å². The molecule has 1 aliphatic rings. The second kappa shape index (κ2) is 7.18. The zero-order chi connectivity index (χ0) is 17.8. The first-order valence-corrected chi connectivity index (χ1v) is 8.28. The summed E-state index contributed by atoms with van der Waals surface area (Å²) < 4.78 is 0. The average molecular weight is 333 g/mol. The molecule has 2 N–H and O–H groups in total. The van der Waals surface area contributed by atoms with Crippen LogP contribution in [0.5, 0.6) is 0 Å². The highest BCUT2D eigenvalue weighted by Crippen LogP contribution is 2.30. The lowest BCUT2D eigenvalue weighted by atomic mass is 10.1. The Kier molecular flexibility index (Phi) is 4.80. The number of carbonyl (C=O) groups excluding carboxylic acids is 2. The topological polar surface area (TPSA) is 82.0 Å². The average Bonchev–Trinajstić information content (AvgIpc) is 3.47. The van der Waals surface area contributed by atoms with Crippen molar-refractivity contribution in [3.05, 3.63) is 65.2 Å². The van der Waals surface area contributed by atoms with Gasteiger partial charge in [-0.2, -0.15) is 5.26 Å².